The maximum Gasteiger partial charge on any atom is 0.0207 e. The lowest BCUT2D eigenvalue weighted by atomic mass is 9.85. The first-order valence-corrected chi connectivity index (χ1v) is 9.44. The van der Waals surface area contributed by atoms with E-state index in [4.69, 9.17) is 0 Å². The van der Waals surface area contributed by atoms with Crippen molar-refractivity contribution >= 4 is 15.9 Å². The normalized spacial score (nSPS) is 14.1. The lowest BCUT2D eigenvalue weighted by Crippen LogP contribution is -2.26. The van der Waals surface area contributed by atoms with Crippen molar-refractivity contribution in [2.45, 2.75) is 59.3 Å². The van der Waals surface area contributed by atoms with Crippen molar-refractivity contribution in [2.24, 2.45) is 11.8 Å². The van der Waals surface area contributed by atoms with E-state index in [0.29, 0.717) is 0 Å². The molecule has 0 aliphatic carbocycles. The van der Waals surface area contributed by atoms with E-state index in [9.17, 15) is 0 Å². The summed E-state index contributed by atoms with van der Waals surface area (Å²) in [5, 5.41) is 3.56. The summed E-state index contributed by atoms with van der Waals surface area (Å²) in [6.45, 7) is 9.05. The third-order valence-corrected chi connectivity index (χ3v) is 5.13. The van der Waals surface area contributed by atoms with Crippen LogP contribution in [0.25, 0.3) is 0 Å². The van der Waals surface area contributed by atoms with Gasteiger partial charge in [0.25, 0.3) is 0 Å². The first-order valence-electron chi connectivity index (χ1n) is 8.65. The second kappa shape index (κ2) is 11.3. The SMILES string of the molecule is CCCCC(CC)CC(CNCC)Cc1ccccc1Br. The number of nitrogens with one attached hydrogen (secondary N) is 1. The highest BCUT2D eigenvalue weighted by atomic mass is 79.9. The van der Waals surface area contributed by atoms with E-state index < -0.39 is 0 Å². The van der Waals surface area contributed by atoms with Crippen LogP contribution in [0.4, 0.5) is 0 Å². The zero-order valence-electron chi connectivity index (χ0n) is 14.0. The Labute approximate surface area is 140 Å². The van der Waals surface area contributed by atoms with Gasteiger partial charge in [-0.25, -0.2) is 0 Å². The van der Waals surface area contributed by atoms with Crippen LogP contribution in [0, 0.1) is 11.8 Å². The van der Waals surface area contributed by atoms with E-state index >= 15 is 0 Å². The second-order valence-corrected chi connectivity index (χ2v) is 6.98. The summed E-state index contributed by atoms with van der Waals surface area (Å²) in [5.41, 5.74) is 1.45. The summed E-state index contributed by atoms with van der Waals surface area (Å²) in [6.07, 6.45) is 7.94. The van der Waals surface area contributed by atoms with Crippen molar-refractivity contribution < 1.29 is 0 Å². The van der Waals surface area contributed by atoms with Gasteiger partial charge in [-0.15, -0.1) is 0 Å². The molecule has 120 valence electrons. The molecule has 1 rings (SSSR count). The standard InChI is InChI=1S/C19H32BrN/c1-4-7-10-16(5-2)13-17(15-21-6-3)14-18-11-8-9-12-19(18)20/h8-9,11-12,16-17,21H,4-7,10,13-15H2,1-3H3. The highest BCUT2D eigenvalue weighted by Gasteiger charge is 2.16. The number of hydrogen-bond acceptors (Lipinski definition) is 1. The molecule has 0 spiro atoms. The van der Waals surface area contributed by atoms with E-state index in [1.54, 1.807) is 0 Å². The predicted octanol–water partition coefficient (Wildman–Crippen LogP) is 5.82. The van der Waals surface area contributed by atoms with Gasteiger partial charge >= 0.3 is 0 Å². The summed E-state index contributed by atoms with van der Waals surface area (Å²) in [4.78, 5) is 0. The van der Waals surface area contributed by atoms with Gasteiger partial charge in [0, 0.05) is 4.47 Å². The number of hydrogen-bond donors (Lipinski definition) is 1. The first-order chi connectivity index (χ1) is 10.2. The maximum atomic E-state index is 3.70. The molecule has 0 aliphatic heterocycles. The quantitative estimate of drug-likeness (QED) is 0.528. The van der Waals surface area contributed by atoms with Crippen molar-refractivity contribution in [3.8, 4) is 0 Å². The molecule has 0 radical (unpaired) electrons. The van der Waals surface area contributed by atoms with Crippen LogP contribution in [0.3, 0.4) is 0 Å². The minimum atomic E-state index is 0.741. The van der Waals surface area contributed by atoms with Gasteiger partial charge in [0.05, 0.1) is 0 Å². The van der Waals surface area contributed by atoms with Gasteiger partial charge in [0.1, 0.15) is 0 Å². The summed E-state index contributed by atoms with van der Waals surface area (Å²) in [7, 11) is 0. The van der Waals surface area contributed by atoms with Gasteiger partial charge in [-0.3, -0.25) is 0 Å². The molecule has 0 aromatic heterocycles. The Balaban J connectivity index is 2.63. The van der Waals surface area contributed by atoms with Crippen LogP contribution >= 0.6 is 15.9 Å². The molecule has 2 heteroatoms. The maximum absolute atomic E-state index is 3.70. The molecule has 0 bridgehead atoms. The summed E-state index contributed by atoms with van der Waals surface area (Å²) in [5.74, 6) is 1.63. The lowest BCUT2D eigenvalue weighted by Gasteiger charge is -2.23. The number of rotatable bonds is 11. The number of halogens is 1. The van der Waals surface area contributed by atoms with Crippen LogP contribution in [-0.4, -0.2) is 13.1 Å². The van der Waals surface area contributed by atoms with E-state index in [-0.39, 0.29) is 0 Å². The lowest BCUT2D eigenvalue weighted by molar-refractivity contribution is 0.326. The number of benzene rings is 1. The largest absolute Gasteiger partial charge is 0.317 e. The first kappa shape index (κ1) is 18.7. The minimum absolute atomic E-state index is 0.741. The highest BCUT2D eigenvalue weighted by Crippen LogP contribution is 2.26. The topological polar surface area (TPSA) is 12.0 Å². The molecule has 0 saturated carbocycles. The molecule has 0 amide bonds. The van der Waals surface area contributed by atoms with E-state index in [1.807, 2.05) is 0 Å². The van der Waals surface area contributed by atoms with Gasteiger partial charge < -0.3 is 5.32 Å². The molecule has 0 fully saturated rings. The zero-order valence-corrected chi connectivity index (χ0v) is 15.6. The molecule has 1 nitrogen and oxygen atoms in total. The summed E-state index contributed by atoms with van der Waals surface area (Å²) in [6, 6.07) is 8.67. The number of unbranched alkanes of at least 4 members (excludes halogenated alkanes) is 1. The van der Waals surface area contributed by atoms with Crippen molar-refractivity contribution in [2.75, 3.05) is 13.1 Å². The monoisotopic (exact) mass is 353 g/mol. The van der Waals surface area contributed by atoms with Crippen LogP contribution in [0.15, 0.2) is 28.7 Å². The average Bonchev–Trinajstić information content (AvgIpc) is 2.50. The van der Waals surface area contributed by atoms with Crippen LogP contribution < -0.4 is 5.32 Å². The Kier molecular flexibility index (Phi) is 10.0. The van der Waals surface area contributed by atoms with Crippen LogP contribution in [0.5, 0.6) is 0 Å². The van der Waals surface area contributed by atoms with Gasteiger partial charge in [-0.1, -0.05) is 80.6 Å². The zero-order chi connectivity index (χ0) is 15.5. The predicted molar refractivity (Wildman–Crippen MR) is 97.8 cm³/mol. The van der Waals surface area contributed by atoms with Crippen LogP contribution in [0.2, 0.25) is 0 Å². The molecule has 0 aliphatic rings. The van der Waals surface area contributed by atoms with Gasteiger partial charge in [-0.05, 0) is 49.4 Å². The minimum Gasteiger partial charge on any atom is -0.317 e. The molecule has 1 aromatic carbocycles. The van der Waals surface area contributed by atoms with Crippen molar-refractivity contribution in [1.82, 2.24) is 5.32 Å². The Morgan fingerprint density at radius 2 is 1.86 bits per heavy atom. The molecule has 0 saturated heterocycles. The molecular weight excluding hydrogens is 322 g/mol. The molecule has 21 heavy (non-hydrogen) atoms. The van der Waals surface area contributed by atoms with Crippen molar-refractivity contribution in [1.29, 1.82) is 0 Å². The van der Waals surface area contributed by atoms with Crippen LogP contribution in [0.1, 0.15) is 58.4 Å². The molecule has 2 atom stereocenters. The molecule has 0 heterocycles. The summed E-state index contributed by atoms with van der Waals surface area (Å²) < 4.78 is 1.26. The molecular formula is C19H32BrN. The summed E-state index contributed by atoms with van der Waals surface area (Å²) >= 11 is 3.70. The Morgan fingerprint density at radius 1 is 1.10 bits per heavy atom. The van der Waals surface area contributed by atoms with E-state index in [2.05, 4.69) is 66.3 Å². The van der Waals surface area contributed by atoms with Gasteiger partial charge in [-0.2, -0.15) is 0 Å². The van der Waals surface area contributed by atoms with E-state index in [1.165, 1.54) is 48.6 Å². The average molecular weight is 354 g/mol. The van der Waals surface area contributed by atoms with Crippen LogP contribution in [-0.2, 0) is 6.42 Å². The third-order valence-electron chi connectivity index (χ3n) is 4.36. The Hall–Kier alpha value is -0.340. The highest BCUT2D eigenvalue weighted by molar-refractivity contribution is 9.10. The fourth-order valence-corrected chi connectivity index (χ4v) is 3.46. The fraction of sp³-hybridized carbons (Fsp3) is 0.684. The second-order valence-electron chi connectivity index (χ2n) is 6.12. The Bertz CT molecular complexity index is 378. The van der Waals surface area contributed by atoms with E-state index in [0.717, 1.165) is 24.9 Å². The van der Waals surface area contributed by atoms with Crippen molar-refractivity contribution in [3.05, 3.63) is 34.3 Å². The fourth-order valence-electron chi connectivity index (χ4n) is 3.02. The van der Waals surface area contributed by atoms with Gasteiger partial charge in [0.15, 0.2) is 0 Å². The molecule has 1 N–H and O–H groups in total. The van der Waals surface area contributed by atoms with Crippen molar-refractivity contribution in [3.63, 3.8) is 0 Å². The smallest absolute Gasteiger partial charge is 0.0207 e. The molecule has 1 aromatic rings. The van der Waals surface area contributed by atoms with Gasteiger partial charge in [0.2, 0.25) is 0 Å². The molecule has 2 unspecified atom stereocenters. The Morgan fingerprint density at radius 3 is 2.48 bits per heavy atom. The third kappa shape index (κ3) is 7.46.